The highest BCUT2D eigenvalue weighted by atomic mass is 35.5. The maximum atomic E-state index is 8.50. The van der Waals surface area contributed by atoms with Crippen LogP contribution in [0.3, 0.4) is 0 Å². The zero-order valence-corrected chi connectivity index (χ0v) is 8.57. The lowest BCUT2D eigenvalue weighted by atomic mass is 10.2. The Morgan fingerprint density at radius 1 is 1.07 bits per heavy atom. The van der Waals surface area contributed by atoms with Gasteiger partial charge in [-0.2, -0.15) is 10.5 Å². The summed E-state index contributed by atoms with van der Waals surface area (Å²) in [5, 5.41) is 17.5. The molecule has 2 nitrogen and oxygen atoms in total. The Labute approximate surface area is 93.3 Å². The maximum Gasteiger partial charge on any atom is 0.129 e. The fraction of sp³-hybridized carbons (Fsp3) is 0. The van der Waals surface area contributed by atoms with Crippen molar-refractivity contribution in [3.8, 4) is 12.1 Å². The van der Waals surface area contributed by atoms with E-state index < -0.39 is 0 Å². The average Bonchev–Trinajstić information content (AvgIpc) is 2.31. The third-order valence-corrected chi connectivity index (χ3v) is 2.03. The Bertz CT molecular complexity index is 457. The highest BCUT2D eigenvalue weighted by Crippen LogP contribution is 2.18. The minimum absolute atomic E-state index is 0.0316. The largest absolute Gasteiger partial charge is 0.192 e. The van der Waals surface area contributed by atoms with Gasteiger partial charge in [-0.3, -0.25) is 0 Å². The predicted octanol–water partition coefficient (Wildman–Crippen LogP) is 3.24. The van der Waals surface area contributed by atoms with Crippen LogP contribution in [-0.4, -0.2) is 0 Å². The Morgan fingerprint density at radius 3 is 2.20 bits per heavy atom. The van der Waals surface area contributed by atoms with E-state index >= 15 is 0 Å². The van der Waals surface area contributed by atoms with Crippen LogP contribution in [0, 0.1) is 22.7 Å². The Balaban J connectivity index is 2.93. The molecule has 0 bridgehead atoms. The lowest BCUT2D eigenvalue weighted by Gasteiger charge is -1.95. The van der Waals surface area contributed by atoms with Crippen LogP contribution in [-0.2, 0) is 0 Å². The number of nitriles is 2. The van der Waals surface area contributed by atoms with Gasteiger partial charge < -0.3 is 0 Å². The number of nitrogens with zero attached hydrogens (tertiary/aromatic N) is 2. The normalized spacial score (nSPS) is 9.93. The van der Waals surface area contributed by atoms with Crippen molar-refractivity contribution in [1.82, 2.24) is 0 Å². The first kappa shape index (κ1) is 11.0. The Hall–Kier alpha value is -2.03. The van der Waals surface area contributed by atoms with Crippen molar-refractivity contribution >= 4 is 16.6 Å². The number of benzene rings is 1. The summed E-state index contributed by atoms with van der Waals surface area (Å²) < 4.78 is 0. The fourth-order valence-corrected chi connectivity index (χ4v) is 1.14. The van der Waals surface area contributed by atoms with Crippen LogP contribution in [0.25, 0.3) is 5.03 Å². The molecule has 1 aromatic rings. The number of hydrogen-bond acceptors (Lipinski definition) is 2. The van der Waals surface area contributed by atoms with Gasteiger partial charge in [-0.15, -0.1) is 0 Å². The molecule has 0 atom stereocenters. The van der Waals surface area contributed by atoms with Gasteiger partial charge in [0.15, 0.2) is 0 Å². The van der Waals surface area contributed by atoms with Crippen molar-refractivity contribution < 1.29 is 0 Å². The minimum Gasteiger partial charge on any atom is -0.192 e. The average molecular weight is 215 g/mol. The summed E-state index contributed by atoms with van der Waals surface area (Å²) in [6.07, 6.45) is 2.94. The van der Waals surface area contributed by atoms with Gasteiger partial charge in [0.1, 0.15) is 17.7 Å². The van der Waals surface area contributed by atoms with Crippen molar-refractivity contribution in [2.75, 3.05) is 0 Å². The molecular formula is C12H7ClN2. The van der Waals surface area contributed by atoms with E-state index in [0.717, 1.165) is 5.56 Å². The van der Waals surface area contributed by atoms with Crippen LogP contribution in [0.4, 0.5) is 0 Å². The van der Waals surface area contributed by atoms with Gasteiger partial charge >= 0.3 is 0 Å². The highest BCUT2D eigenvalue weighted by molar-refractivity contribution is 6.48. The van der Waals surface area contributed by atoms with Gasteiger partial charge in [-0.05, 0) is 17.7 Å². The van der Waals surface area contributed by atoms with Gasteiger partial charge in [0.25, 0.3) is 0 Å². The standard InChI is InChI=1S/C12H7ClN2/c13-12(7-6-10(8-14)9-15)11-4-2-1-3-5-11/h1-7H/b12-7+. The van der Waals surface area contributed by atoms with E-state index in [2.05, 4.69) is 0 Å². The van der Waals surface area contributed by atoms with Crippen LogP contribution in [0.15, 0.2) is 48.1 Å². The predicted molar refractivity (Wildman–Crippen MR) is 59.6 cm³/mol. The second-order valence-corrected chi connectivity index (χ2v) is 3.09. The summed E-state index contributed by atoms with van der Waals surface area (Å²) in [5.41, 5.74) is 0.884. The molecule has 72 valence electrons. The van der Waals surface area contributed by atoms with Crippen LogP contribution >= 0.6 is 11.6 Å². The van der Waals surface area contributed by atoms with E-state index in [0.29, 0.717) is 5.03 Å². The molecule has 0 heterocycles. The molecule has 15 heavy (non-hydrogen) atoms. The zero-order valence-electron chi connectivity index (χ0n) is 7.81. The molecule has 0 unspecified atom stereocenters. The number of allylic oxidation sites excluding steroid dienone is 3. The van der Waals surface area contributed by atoms with Crippen molar-refractivity contribution in [2.24, 2.45) is 0 Å². The first-order valence-corrected chi connectivity index (χ1v) is 4.59. The molecule has 0 saturated heterocycles. The monoisotopic (exact) mass is 214 g/mol. The SMILES string of the molecule is N#CC(C#N)=C/C=C(/Cl)c1ccccc1. The van der Waals surface area contributed by atoms with Gasteiger partial charge in [-0.1, -0.05) is 41.9 Å². The summed E-state index contributed by atoms with van der Waals surface area (Å²) in [7, 11) is 0. The number of halogens is 1. The van der Waals surface area contributed by atoms with Crippen LogP contribution in [0.5, 0.6) is 0 Å². The second-order valence-electron chi connectivity index (χ2n) is 2.68. The Kier molecular flexibility index (Phi) is 4.16. The molecule has 1 aromatic carbocycles. The summed E-state index contributed by atoms with van der Waals surface area (Å²) in [4.78, 5) is 0. The van der Waals surface area contributed by atoms with E-state index in [4.69, 9.17) is 22.1 Å². The molecule has 1 rings (SSSR count). The quantitative estimate of drug-likeness (QED) is 0.561. The molecule has 0 aromatic heterocycles. The van der Waals surface area contributed by atoms with Gasteiger partial charge in [-0.25, -0.2) is 0 Å². The zero-order chi connectivity index (χ0) is 11.1. The van der Waals surface area contributed by atoms with Gasteiger partial charge in [0, 0.05) is 5.03 Å². The molecule has 0 N–H and O–H groups in total. The summed E-state index contributed by atoms with van der Waals surface area (Å²) >= 11 is 5.96. The molecule has 0 aliphatic carbocycles. The van der Waals surface area contributed by atoms with E-state index in [1.165, 1.54) is 6.08 Å². The molecule has 0 spiro atoms. The summed E-state index contributed by atoms with van der Waals surface area (Å²) in [6, 6.07) is 12.8. The number of hydrogen-bond donors (Lipinski definition) is 0. The van der Waals surface area contributed by atoms with Crippen molar-refractivity contribution in [3.63, 3.8) is 0 Å². The smallest absolute Gasteiger partial charge is 0.129 e. The first-order valence-electron chi connectivity index (χ1n) is 4.21. The summed E-state index contributed by atoms with van der Waals surface area (Å²) in [5.74, 6) is 0. The van der Waals surface area contributed by atoms with E-state index in [-0.39, 0.29) is 5.57 Å². The molecule has 0 aliphatic rings. The molecular weight excluding hydrogens is 208 g/mol. The van der Waals surface area contributed by atoms with Crippen molar-refractivity contribution in [1.29, 1.82) is 10.5 Å². The second kappa shape index (κ2) is 5.65. The lowest BCUT2D eigenvalue weighted by molar-refractivity contribution is 1.46. The third kappa shape index (κ3) is 3.31. The van der Waals surface area contributed by atoms with E-state index in [1.807, 2.05) is 30.3 Å². The minimum atomic E-state index is 0.0316. The first-order chi connectivity index (χ1) is 7.27. The van der Waals surface area contributed by atoms with Crippen LogP contribution in [0.1, 0.15) is 5.56 Å². The Morgan fingerprint density at radius 2 is 1.67 bits per heavy atom. The van der Waals surface area contributed by atoms with Crippen molar-refractivity contribution in [3.05, 3.63) is 53.6 Å². The van der Waals surface area contributed by atoms with E-state index in [1.54, 1.807) is 18.2 Å². The molecule has 0 radical (unpaired) electrons. The van der Waals surface area contributed by atoms with Crippen LogP contribution < -0.4 is 0 Å². The highest BCUT2D eigenvalue weighted by Gasteiger charge is 1.95. The molecule has 0 amide bonds. The number of rotatable bonds is 2. The third-order valence-electron chi connectivity index (χ3n) is 1.69. The van der Waals surface area contributed by atoms with Gasteiger partial charge in [0.2, 0.25) is 0 Å². The van der Waals surface area contributed by atoms with Crippen molar-refractivity contribution in [2.45, 2.75) is 0 Å². The molecule has 0 saturated carbocycles. The topological polar surface area (TPSA) is 47.6 Å². The van der Waals surface area contributed by atoms with E-state index in [9.17, 15) is 0 Å². The fourth-order valence-electron chi connectivity index (χ4n) is 0.950. The molecule has 0 fully saturated rings. The maximum absolute atomic E-state index is 8.50. The van der Waals surface area contributed by atoms with Gasteiger partial charge in [0.05, 0.1) is 0 Å². The lowest BCUT2D eigenvalue weighted by Crippen LogP contribution is -1.75. The molecule has 0 aliphatic heterocycles. The molecule has 3 heteroatoms. The van der Waals surface area contributed by atoms with Crippen LogP contribution in [0.2, 0.25) is 0 Å². The summed E-state index contributed by atoms with van der Waals surface area (Å²) in [6.45, 7) is 0.